The van der Waals surface area contributed by atoms with Gasteiger partial charge >= 0.3 is 0 Å². The maximum atomic E-state index is 6.12. The summed E-state index contributed by atoms with van der Waals surface area (Å²) in [6.07, 6.45) is 3.67. The molecule has 3 N–H and O–H groups in total. The predicted octanol–water partition coefficient (Wildman–Crippen LogP) is 2.57. The van der Waals surface area contributed by atoms with E-state index in [1.165, 1.54) is 0 Å². The molecule has 0 bridgehead atoms. The smallest absolute Gasteiger partial charge is 0.193 e. The third-order valence-electron chi connectivity index (χ3n) is 5.07. The Morgan fingerprint density at radius 2 is 2.11 bits per heavy atom. The molecule has 0 radical (unpaired) electrons. The number of hydrogen-bond donors (Lipinski definition) is 2. The number of fused-ring (bicyclic) bond motifs is 1. The predicted molar refractivity (Wildman–Crippen MR) is 107 cm³/mol. The average molecular weight is 385 g/mol. The van der Waals surface area contributed by atoms with Gasteiger partial charge in [-0.3, -0.25) is 9.67 Å². The zero-order valence-corrected chi connectivity index (χ0v) is 16.1. The van der Waals surface area contributed by atoms with Crippen molar-refractivity contribution < 1.29 is 14.2 Å². The van der Waals surface area contributed by atoms with Gasteiger partial charge in [-0.15, -0.1) is 0 Å². The Morgan fingerprint density at radius 1 is 1.25 bits per heavy atom. The van der Waals surface area contributed by atoms with Crippen LogP contribution in [0, 0.1) is 5.92 Å². The van der Waals surface area contributed by atoms with E-state index in [0.717, 1.165) is 48.9 Å². The molecule has 2 aromatic rings. The molecule has 1 aromatic carbocycles. The molecule has 2 atom stereocenters. The van der Waals surface area contributed by atoms with Crippen LogP contribution in [-0.2, 0) is 11.3 Å². The zero-order chi connectivity index (χ0) is 19.3. The highest BCUT2D eigenvalue weighted by Gasteiger charge is 2.31. The van der Waals surface area contributed by atoms with E-state index in [1.54, 1.807) is 0 Å². The molecule has 0 aliphatic carbocycles. The Labute approximate surface area is 164 Å². The van der Waals surface area contributed by atoms with Crippen LogP contribution in [0.4, 0.5) is 5.69 Å². The number of anilines is 1. The Hall–Kier alpha value is -2.74. The van der Waals surface area contributed by atoms with Gasteiger partial charge in [-0.25, -0.2) is 0 Å². The van der Waals surface area contributed by atoms with Crippen molar-refractivity contribution in [2.75, 3.05) is 31.7 Å². The number of rotatable bonds is 5. The summed E-state index contributed by atoms with van der Waals surface area (Å²) < 4.78 is 19.3. The number of aryl methyl sites for hydroxylation is 1. The summed E-state index contributed by atoms with van der Waals surface area (Å²) in [5, 5.41) is 7.49. The topological polar surface area (TPSA) is 95.9 Å². The fourth-order valence-electron chi connectivity index (χ4n) is 3.64. The van der Waals surface area contributed by atoms with Gasteiger partial charge in [0.15, 0.2) is 17.5 Å². The lowest BCUT2D eigenvalue weighted by molar-refractivity contribution is 0.0851. The molecular weight excluding hydrogens is 358 g/mol. The van der Waals surface area contributed by atoms with Crippen molar-refractivity contribution in [1.29, 1.82) is 0 Å². The largest absolute Gasteiger partial charge is 0.490 e. The number of nitrogens with two attached hydrogens (primary N) is 1. The summed E-state index contributed by atoms with van der Waals surface area (Å²) in [6.45, 7) is 5.56. The number of hydrogen-bond acceptors (Lipinski definition) is 5. The molecule has 150 valence electrons. The van der Waals surface area contributed by atoms with Gasteiger partial charge in [0.05, 0.1) is 18.9 Å². The molecular formula is C20H27N5O3. The molecule has 2 aliphatic rings. The quantitative estimate of drug-likeness (QED) is 0.607. The van der Waals surface area contributed by atoms with E-state index < -0.39 is 0 Å². The lowest BCUT2D eigenvalue weighted by atomic mass is 9.99. The Kier molecular flexibility index (Phi) is 5.66. The highest BCUT2D eigenvalue weighted by molar-refractivity contribution is 5.92. The second-order valence-electron chi connectivity index (χ2n) is 6.97. The van der Waals surface area contributed by atoms with Crippen LogP contribution in [0.2, 0.25) is 0 Å². The SMILES string of the molecule is CCn1nccc1[C@@H]1OCC[C@H]1CN=C(N)Nc1ccc2c(c1)OCCCO2. The molecule has 0 spiro atoms. The summed E-state index contributed by atoms with van der Waals surface area (Å²) in [4.78, 5) is 4.55. The normalized spacial score (nSPS) is 22.1. The van der Waals surface area contributed by atoms with E-state index in [1.807, 2.05) is 35.1 Å². The number of guanidine groups is 1. The number of aliphatic imine (C=N–C) groups is 1. The first-order valence-electron chi connectivity index (χ1n) is 9.84. The summed E-state index contributed by atoms with van der Waals surface area (Å²) in [7, 11) is 0. The standard InChI is InChI=1S/C20H27N5O3/c1-2-25-16(6-8-23-25)19-14(7-11-28-19)13-22-20(21)24-15-4-5-17-18(12-15)27-10-3-9-26-17/h4-6,8,12,14,19H,2-3,7,9-11,13H2,1H3,(H3,21,22,24)/t14-,19+/m0/s1. The fourth-order valence-corrected chi connectivity index (χ4v) is 3.64. The monoisotopic (exact) mass is 385 g/mol. The van der Waals surface area contributed by atoms with E-state index >= 15 is 0 Å². The van der Waals surface area contributed by atoms with Crippen LogP contribution in [0.25, 0.3) is 0 Å². The molecule has 1 aromatic heterocycles. The van der Waals surface area contributed by atoms with Gasteiger partial charge in [-0.2, -0.15) is 5.10 Å². The number of benzene rings is 1. The molecule has 1 saturated heterocycles. The molecule has 3 heterocycles. The minimum absolute atomic E-state index is 0.0112. The van der Waals surface area contributed by atoms with Gasteiger partial charge in [0.1, 0.15) is 6.10 Å². The van der Waals surface area contributed by atoms with Crippen LogP contribution in [-0.4, -0.2) is 42.1 Å². The lowest BCUT2D eigenvalue weighted by Gasteiger charge is -2.18. The Balaban J connectivity index is 1.40. The summed E-state index contributed by atoms with van der Waals surface area (Å²) >= 11 is 0. The first-order chi connectivity index (χ1) is 13.7. The molecule has 2 aliphatic heterocycles. The zero-order valence-electron chi connectivity index (χ0n) is 16.1. The van der Waals surface area contributed by atoms with E-state index in [-0.39, 0.29) is 12.0 Å². The number of nitrogens with one attached hydrogen (secondary N) is 1. The minimum Gasteiger partial charge on any atom is -0.490 e. The van der Waals surface area contributed by atoms with Crippen LogP contribution in [0.3, 0.4) is 0 Å². The highest BCUT2D eigenvalue weighted by Crippen LogP contribution is 2.35. The maximum absolute atomic E-state index is 6.12. The Bertz CT molecular complexity index is 835. The van der Waals surface area contributed by atoms with Crippen LogP contribution in [0.5, 0.6) is 11.5 Å². The molecule has 0 unspecified atom stereocenters. The van der Waals surface area contributed by atoms with Crippen molar-refractivity contribution in [1.82, 2.24) is 9.78 Å². The minimum atomic E-state index is 0.0112. The summed E-state index contributed by atoms with van der Waals surface area (Å²) in [5.74, 6) is 2.15. The van der Waals surface area contributed by atoms with Crippen molar-refractivity contribution in [3.05, 3.63) is 36.2 Å². The second-order valence-corrected chi connectivity index (χ2v) is 6.97. The maximum Gasteiger partial charge on any atom is 0.193 e. The van der Waals surface area contributed by atoms with E-state index in [4.69, 9.17) is 19.9 Å². The lowest BCUT2D eigenvalue weighted by Crippen LogP contribution is -2.24. The molecule has 8 nitrogen and oxygen atoms in total. The molecule has 28 heavy (non-hydrogen) atoms. The highest BCUT2D eigenvalue weighted by atomic mass is 16.5. The van der Waals surface area contributed by atoms with Crippen LogP contribution in [0.1, 0.15) is 31.6 Å². The molecule has 4 rings (SSSR count). The van der Waals surface area contributed by atoms with Crippen molar-refractivity contribution in [2.24, 2.45) is 16.6 Å². The molecule has 1 fully saturated rings. The Morgan fingerprint density at radius 3 is 2.96 bits per heavy atom. The fraction of sp³-hybridized carbons (Fsp3) is 0.500. The molecule has 0 amide bonds. The first-order valence-corrected chi connectivity index (χ1v) is 9.84. The molecule has 0 saturated carbocycles. The summed E-state index contributed by atoms with van der Waals surface area (Å²) in [6, 6.07) is 7.72. The average Bonchev–Trinajstić information content (AvgIpc) is 3.30. The van der Waals surface area contributed by atoms with Crippen LogP contribution in [0.15, 0.2) is 35.5 Å². The van der Waals surface area contributed by atoms with Crippen molar-refractivity contribution in [3.8, 4) is 11.5 Å². The van der Waals surface area contributed by atoms with Crippen LogP contribution >= 0.6 is 0 Å². The molecule has 8 heteroatoms. The summed E-state index contributed by atoms with van der Waals surface area (Å²) in [5.41, 5.74) is 8.05. The first kappa shape index (κ1) is 18.6. The van der Waals surface area contributed by atoms with Gasteiger partial charge in [0.25, 0.3) is 0 Å². The van der Waals surface area contributed by atoms with Crippen LogP contribution < -0.4 is 20.5 Å². The second kappa shape index (κ2) is 8.52. The van der Waals surface area contributed by atoms with Gasteiger partial charge in [0.2, 0.25) is 0 Å². The number of ether oxygens (including phenoxy) is 3. The third kappa shape index (κ3) is 4.06. The number of nitrogens with zero attached hydrogens (tertiary/aromatic N) is 3. The van der Waals surface area contributed by atoms with Gasteiger partial charge in [-0.05, 0) is 31.5 Å². The van der Waals surface area contributed by atoms with Crippen molar-refractivity contribution in [3.63, 3.8) is 0 Å². The van der Waals surface area contributed by atoms with E-state index in [9.17, 15) is 0 Å². The number of aromatic nitrogens is 2. The van der Waals surface area contributed by atoms with Gasteiger partial charge in [-0.1, -0.05) is 0 Å². The van der Waals surface area contributed by atoms with Gasteiger partial charge < -0.3 is 25.3 Å². The van der Waals surface area contributed by atoms with E-state index in [0.29, 0.717) is 25.7 Å². The van der Waals surface area contributed by atoms with Crippen molar-refractivity contribution >= 4 is 11.6 Å². The third-order valence-corrected chi connectivity index (χ3v) is 5.07. The van der Waals surface area contributed by atoms with Crippen molar-refractivity contribution in [2.45, 2.75) is 32.4 Å². The van der Waals surface area contributed by atoms with Gasteiger partial charge in [0, 0.05) is 50.0 Å². The van der Waals surface area contributed by atoms with E-state index in [2.05, 4.69) is 22.3 Å².